The lowest BCUT2D eigenvalue weighted by molar-refractivity contribution is -0.120. The van der Waals surface area contributed by atoms with Gasteiger partial charge in [0.15, 0.2) is 0 Å². The second-order valence-corrected chi connectivity index (χ2v) is 4.66. The first-order valence-electron chi connectivity index (χ1n) is 6.15. The molecule has 1 amide bonds. The Morgan fingerprint density at radius 1 is 1.47 bits per heavy atom. The Hall–Kier alpha value is -0.840. The van der Waals surface area contributed by atoms with Crippen molar-refractivity contribution in [3.63, 3.8) is 0 Å². The minimum Gasteiger partial charge on any atom is -0.330 e. The van der Waals surface area contributed by atoms with Crippen molar-refractivity contribution in [1.29, 1.82) is 0 Å². The van der Waals surface area contributed by atoms with E-state index >= 15 is 0 Å². The van der Waals surface area contributed by atoms with E-state index < -0.39 is 0 Å². The highest BCUT2D eigenvalue weighted by Crippen LogP contribution is 2.31. The molecule has 2 rings (SSSR count). The summed E-state index contributed by atoms with van der Waals surface area (Å²) in [7, 11) is 0. The number of anilines is 1. The Bertz CT molecular complexity index is 415. The predicted molar refractivity (Wildman–Crippen MR) is 82.0 cm³/mol. The predicted octanol–water partition coefficient (Wildman–Crippen LogP) is 2.55. The summed E-state index contributed by atoms with van der Waals surface area (Å²) in [5, 5.41) is 2.96. The van der Waals surface area contributed by atoms with Crippen LogP contribution in [0.2, 0.25) is 0 Å². The smallest absolute Gasteiger partial charge is 0.227 e. The minimum atomic E-state index is 0. The molecular weight excluding hydrogens is 285 g/mol. The first-order chi connectivity index (χ1) is 8.22. The number of nitrogens with one attached hydrogen (secondary N) is 1. The van der Waals surface area contributed by atoms with E-state index in [2.05, 4.69) is 10.3 Å². The van der Waals surface area contributed by atoms with Crippen molar-refractivity contribution < 1.29 is 4.79 Å². The maximum Gasteiger partial charge on any atom is 0.227 e. The summed E-state index contributed by atoms with van der Waals surface area (Å²) < 4.78 is 0. The monoisotopic (exact) mass is 305 g/mol. The molecule has 1 aromatic heterocycles. The van der Waals surface area contributed by atoms with E-state index in [1.165, 1.54) is 0 Å². The fourth-order valence-corrected chi connectivity index (χ4v) is 2.51. The Morgan fingerprint density at radius 3 is 2.84 bits per heavy atom. The van der Waals surface area contributed by atoms with Crippen LogP contribution < -0.4 is 11.1 Å². The van der Waals surface area contributed by atoms with Gasteiger partial charge in [0.1, 0.15) is 0 Å². The van der Waals surface area contributed by atoms with Crippen LogP contribution in [-0.4, -0.2) is 17.4 Å². The van der Waals surface area contributed by atoms with E-state index in [1.54, 1.807) is 6.20 Å². The maximum atomic E-state index is 12.1. The van der Waals surface area contributed by atoms with Crippen LogP contribution in [0, 0.1) is 18.8 Å². The molecule has 1 heterocycles. The molecule has 1 saturated carbocycles. The lowest BCUT2D eigenvalue weighted by Gasteiger charge is -2.17. The number of aryl methyl sites for hydroxylation is 1. The van der Waals surface area contributed by atoms with Gasteiger partial charge in [-0.2, -0.15) is 0 Å². The molecule has 6 heteroatoms. The van der Waals surface area contributed by atoms with Crippen LogP contribution in [0.15, 0.2) is 18.3 Å². The normalized spacial score (nSPS) is 21.2. The summed E-state index contributed by atoms with van der Waals surface area (Å²) in [6.07, 6.45) is 4.85. The van der Waals surface area contributed by atoms with Crippen molar-refractivity contribution in [2.75, 3.05) is 11.9 Å². The Morgan fingerprint density at radius 2 is 2.21 bits per heavy atom. The quantitative estimate of drug-likeness (QED) is 0.902. The highest BCUT2D eigenvalue weighted by atomic mass is 35.5. The van der Waals surface area contributed by atoms with Gasteiger partial charge in [0.2, 0.25) is 5.91 Å². The molecule has 1 aromatic rings. The molecule has 19 heavy (non-hydrogen) atoms. The van der Waals surface area contributed by atoms with Crippen LogP contribution in [0.3, 0.4) is 0 Å². The zero-order valence-electron chi connectivity index (χ0n) is 11.0. The number of nitrogens with zero attached hydrogens (tertiary/aromatic N) is 1. The van der Waals surface area contributed by atoms with Crippen LogP contribution in [0.1, 0.15) is 25.0 Å². The number of aromatic nitrogens is 1. The fourth-order valence-electron chi connectivity index (χ4n) is 2.51. The second kappa shape index (κ2) is 8.35. The molecule has 1 fully saturated rings. The first-order valence-corrected chi connectivity index (χ1v) is 6.15. The second-order valence-electron chi connectivity index (χ2n) is 4.66. The summed E-state index contributed by atoms with van der Waals surface area (Å²) in [6, 6.07) is 3.71. The number of hydrogen-bond donors (Lipinski definition) is 2. The molecule has 3 N–H and O–H groups in total. The molecule has 2 atom stereocenters. The van der Waals surface area contributed by atoms with Crippen molar-refractivity contribution in [3.8, 4) is 0 Å². The van der Waals surface area contributed by atoms with Gasteiger partial charge in [-0.05, 0) is 44.4 Å². The number of hydrogen-bond acceptors (Lipinski definition) is 3. The lowest BCUT2D eigenvalue weighted by Crippen LogP contribution is -2.30. The third-order valence-electron chi connectivity index (χ3n) is 3.56. The number of carbonyl (C=O) groups excluding carboxylic acids is 1. The minimum absolute atomic E-state index is 0. The molecular formula is C13H21Cl2N3O. The van der Waals surface area contributed by atoms with Gasteiger partial charge in [-0.15, -0.1) is 24.8 Å². The van der Waals surface area contributed by atoms with Crippen molar-refractivity contribution in [1.82, 2.24) is 4.98 Å². The molecule has 0 spiro atoms. The van der Waals surface area contributed by atoms with Crippen LogP contribution >= 0.6 is 24.8 Å². The summed E-state index contributed by atoms with van der Waals surface area (Å²) in [5.74, 6) is 0.501. The van der Waals surface area contributed by atoms with Gasteiger partial charge in [-0.1, -0.05) is 6.42 Å². The molecule has 0 unspecified atom stereocenters. The Balaban J connectivity index is 0.00000162. The van der Waals surface area contributed by atoms with Crippen molar-refractivity contribution in [2.45, 2.75) is 26.2 Å². The summed E-state index contributed by atoms with van der Waals surface area (Å²) in [4.78, 5) is 16.3. The number of carbonyl (C=O) groups is 1. The molecule has 1 aliphatic rings. The van der Waals surface area contributed by atoms with Crippen molar-refractivity contribution in [3.05, 3.63) is 24.0 Å². The van der Waals surface area contributed by atoms with Crippen LogP contribution in [0.4, 0.5) is 5.69 Å². The Labute approximate surface area is 126 Å². The van der Waals surface area contributed by atoms with E-state index in [9.17, 15) is 4.79 Å². The molecule has 1 aliphatic carbocycles. The number of halogens is 2. The van der Waals surface area contributed by atoms with E-state index in [-0.39, 0.29) is 36.6 Å². The third kappa shape index (κ3) is 4.34. The van der Waals surface area contributed by atoms with Gasteiger partial charge >= 0.3 is 0 Å². The van der Waals surface area contributed by atoms with E-state index in [1.807, 2.05) is 19.1 Å². The molecule has 4 nitrogen and oxygen atoms in total. The van der Waals surface area contributed by atoms with Gasteiger partial charge < -0.3 is 11.1 Å². The fraction of sp³-hybridized carbons (Fsp3) is 0.538. The zero-order valence-corrected chi connectivity index (χ0v) is 12.6. The average Bonchev–Trinajstić information content (AvgIpc) is 2.80. The molecule has 0 aromatic carbocycles. The first kappa shape index (κ1) is 18.2. The number of rotatable bonds is 3. The molecule has 0 saturated heterocycles. The van der Waals surface area contributed by atoms with Gasteiger partial charge in [-0.25, -0.2) is 0 Å². The number of nitrogens with two attached hydrogens (primary N) is 1. The highest BCUT2D eigenvalue weighted by molar-refractivity contribution is 5.93. The van der Waals surface area contributed by atoms with Crippen LogP contribution in [0.5, 0.6) is 0 Å². The summed E-state index contributed by atoms with van der Waals surface area (Å²) in [6.45, 7) is 2.49. The number of pyridine rings is 1. The molecule has 0 radical (unpaired) electrons. The maximum absolute atomic E-state index is 12.1. The summed E-state index contributed by atoms with van der Waals surface area (Å²) in [5.41, 5.74) is 7.35. The summed E-state index contributed by atoms with van der Waals surface area (Å²) >= 11 is 0. The van der Waals surface area contributed by atoms with E-state index in [0.717, 1.165) is 30.6 Å². The molecule has 0 aliphatic heterocycles. The van der Waals surface area contributed by atoms with Crippen molar-refractivity contribution in [2.24, 2.45) is 17.6 Å². The third-order valence-corrected chi connectivity index (χ3v) is 3.56. The Kier molecular flexibility index (Phi) is 7.99. The van der Waals surface area contributed by atoms with Gasteiger partial charge in [-0.3, -0.25) is 9.78 Å². The zero-order chi connectivity index (χ0) is 12.3. The number of amides is 1. The highest BCUT2D eigenvalue weighted by Gasteiger charge is 2.31. The van der Waals surface area contributed by atoms with Crippen LogP contribution in [-0.2, 0) is 4.79 Å². The lowest BCUT2D eigenvalue weighted by atomic mass is 9.95. The largest absolute Gasteiger partial charge is 0.330 e. The van der Waals surface area contributed by atoms with Crippen LogP contribution in [0.25, 0.3) is 0 Å². The van der Waals surface area contributed by atoms with Gasteiger partial charge in [0.25, 0.3) is 0 Å². The van der Waals surface area contributed by atoms with E-state index in [0.29, 0.717) is 12.5 Å². The van der Waals surface area contributed by atoms with Gasteiger partial charge in [0, 0.05) is 12.1 Å². The molecule has 108 valence electrons. The van der Waals surface area contributed by atoms with Gasteiger partial charge in [0.05, 0.1) is 11.4 Å². The van der Waals surface area contributed by atoms with E-state index in [4.69, 9.17) is 5.73 Å². The average molecular weight is 306 g/mol. The topological polar surface area (TPSA) is 68.0 Å². The molecule has 0 bridgehead atoms. The SMILES string of the molecule is Cc1ncccc1NC(=O)[C@@H]1CCC[C@@H]1CN.Cl.Cl. The standard InChI is InChI=1S/C13H19N3O.2ClH/c1-9-12(6-3-7-15-9)16-13(17)11-5-2-4-10(11)8-14;;/h3,6-7,10-11H,2,4-5,8,14H2,1H3,(H,16,17);2*1H/t10-,11-;;/m1../s1. The van der Waals surface area contributed by atoms with Crippen molar-refractivity contribution >= 4 is 36.4 Å².